The Balaban J connectivity index is 1.25. The van der Waals surface area contributed by atoms with E-state index in [-0.39, 0.29) is 17.6 Å². The predicted molar refractivity (Wildman–Crippen MR) is 141 cm³/mol. The zero-order valence-electron chi connectivity index (χ0n) is 20.0. The van der Waals surface area contributed by atoms with Crippen LogP contribution < -0.4 is 15.5 Å². The van der Waals surface area contributed by atoms with Crippen LogP contribution in [-0.2, 0) is 4.74 Å². The van der Waals surface area contributed by atoms with Crippen molar-refractivity contribution in [2.45, 2.75) is 6.92 Å². The third-order valence-corrected chi connectivity index (χ3v) is 6.20. The molecule has 182 valence electrons. The first-order chi connectivity index (χ1) is 17.6. The van der Waals surface area contributed by atoms with Crippen LogP contribution in [0.3, 0.4) is 0 Å². The zero-order chi connectivity index (χ0) is 24.9. The molecule has 2 amide bonds. The van der Waals surface area contributed by atoms with E-state index in [2.05, 4.69) is 15.5 Å². The summed E-state index contributed by atoms with van der Waals surface area (Å²) in [6.45, 7) is 5.22. The van der Waals surface area contributed by atoms with Crippen molar-refractivity contribution in [1.29, 1.82) is 0 Å². The lowest BCUT2D eigenvalue weighted by Gasteiger charge is -2.28. The molecule has 1 fully saturated rings. The van der Waals surface area contributed by atoms with Crippen molar-refractivity contribution in [2.24, 2.45) is 0 Å². The number of aryl methyl sites for hydroxylation is 1. The summed E-state index contributed by atoms with van der Waals surface area (Å²) < 4.78 is 10.6. The number of nitrogens with one attached hydrogen (secondary N) is 2. The molecule has 1 aliphatic heterocycles. The summed E-state index contributed by atoms with van der Waals surface area (Å²) in [6.07, 6.45) is 1.47. The highest BCUT2D eigenvalue weighted by atomic mass is 16.5. The van der Waals surface area contributed by atoms with Crippen LogP contribution in [0.2, 0.25) is 0 Å². The minimum absolute atomic E-state index is 0.170. The molecule has 36 heavy (non-hydrogen) atoms. The molecule has 0 radical (unpaired) electrons. The molecular formula is C29H27N3O4. The molecule has 0 spiro atoms. The summed E-state index contributed by atoms with van der Waals surface area (Å²) in [6, 6.07) is 24.3. The molecule has 1 aliphatic rings. The third-order valence-electron chi connectivity index (χ3n) is 6.20. The lowest BCUT2D eigenvalue weighted by atomic mass is 9.98. The monoisotopic (exact) mass is 481 g/mol. The first-order valence-electron chi connectivity index (χ1n) is 11.9. The quantitative estimate of drug-likeness (QED) is 0.375. The van der Waals surface area contributed by atoms with E-state index in [0.717, 1.165) is 54.4 Å². The van der Waals surface area contributed by atoms with E-state index < -0.39 is 0 Å². The average Bonchev–Trinajstić information content (AvgIpc) is 3.46. The average molecular weight is 482 g/mol. The van der Waals surface area contributed by atoms with E-state index >= 15 is 0 Å². The maximum Gasteiger partial charge on any atom is 0.291 e. The molecule has 2 N–H and O–H groups in total. The Bertz CT molecular complexity index is 1340. The number of furan rings is 1. The second kappa shape index (κ2) is 10.5. The Morgan fingerprint density at radius 3 is 2.19 bits per heavy atom. The van der Waals surface area contributed by atoms with Crippen molar-refractivity contribution in [2.75, 3.05) is 41.8 Å². The summed E-state index contributed by atoms with van der Waals surface area (Å²) in [4.78, 5) is 27.4. The number of rotatable bonds is 6. The van der Waals surface area contributed by atoms with E-state index in [1.54, 1.807) is 24.3 Å². The molecule has 1 aromatic heterocycles. The van der Waals surface area contributed by atoms with Gasteiger partial charge in [0.1, 0.15) is 0 Å². The van der Waals surface area contributed by atoms with Crippen LogP contribution in [0, 0.1) is 6.92 Å². The number of carbonyl (C=O) groups is 2. The molecule has 0 aliphatic carbocycles. The number of nitrogens with zero attached hydrogens (tertiary/aromatic N) is 1. The molecule has 7 nitrogen and oxygen atoms in total. The number of benzene rings is 3. The lowest BCUT2D eigenvalue weighted by Crippen LogP contribution is -2.36. The summed E-state index contributed by atoms with van der Waals surface area (Å²) in [5.74, 6) is -0.222. The summed E-state index contributed by atoms with van der Waals surface area (Å²) in [7, 11) is 0. The van der Waals surface area contributed by atoms with Gasteiger partial charge in [0.05, 0.1) is 19.5 Å². The Hall–Kier alpha value is -4.36. The number of hydrogen-bond donors (Lipinski definition) is 2. The molecule has 0 unspecified atom stereocenters. The van der Waals surface area contributed by atoms with Gasteiger partial charge < -0.3 is 24.7 Å². The van der Waals surface area contributed by atoms with Gasteiger partial charge in [-0.25, -0.2) is 0 Å². The fourth-order valence-corrected chi connectivity index (χ4v) is 4.19. The second-order valence-electron chi connectivity index (χ2n) is 8.64. The Morgan fingerprint density at radius 1 is 0.806 bits per heavy atom. The molecular weight excluding hydrogens is 454 g/mol. The van der Waals surface area contributed by atoms with Gasteiger partial charge in [-0.2, -0.15) is 0 Å². The Morgan fingerprint density at radius 2 is 1.50 bits per heavy atom. The van der Waals surface area contributed by atoms with Crippen LogP contribution in [0.25, 0.3) is 11.1 Å². The maximum atomic E-state index is 12.8. The fourth-order valence-electron chi connectivity index (χ4n) is 4.19. The molecule has 0 bridgehead atoms. The number of ether oxygens (including phenoxy) is 1. The van der Waals surface area contributed by atoms with Gasteiger partial charge >= 0.3 is 0 Å². The number of hydrogen-bond acceptors (Lipinski definition) is 5. The van der Waals surface area contributed by atoms with Gasteiger partial charge in [-0.3, -0.25) is 9.59 Å². The van der Waals surface area contributed by atoms with Crippen molar-refractivity contribution in [1.82, 2.24) is 0 Å². The normalized spacial score (nSPS) is 13.3. The zero-order valence-corrected chi connectivity index (χ0v) is 20.0. The van der Waals surface area contributed by atoms with Gasteiger partial charge in [0.15, 0.2) is 5.76 Å². The SMILES string of the molecule is Cc1ccc(NC(=O)c2ccco2)cc1-c1ccc(C(=O)Nc2ccc(N3CCOCC3)cc2)cc1. The van der Waals surface area contributed by atoms with Crippen molar-refractivity contribution < 1.29 is 18.7 Å². The van der Waals surface area contributed by atoms with E-state index in [9.17, 15) is 9.59 Å². The highest BCUT2D eigenvalue weighted by Crippen LogP contribution is 2.28. The predicted octanol–water partition coefficient (Wildman–Crippen LogP) is 5.60. The molecule has 0 atom stereocenters. The minimum Gasteiger partial charge on any atom is -0.459 e. The van der Waals surface area contributed by atoms with Crippen molar-refractivity contribution in [3.05, 3.63) is 102 Å². The lowest BCUT2D eigenvalue weighted by molar-refractivity contribution is 0.0994. The molecule has 4 aromatic rings. The highest BCUT2D eigenvalue weighted by molar-refractivity contribution is 6.05. The minimum atomic E-state index is -0.306. The molecule has 0 saturated carbocycles. The van der Waals surface area contributed by atoms with Gasteiger partial charge in [0.2, 0.25) is 0 Å². The van der Waals surface area contributed by atoms with Gasteiger partial charge in [0, 0.05) is 35.7 Å². The van der Waals surface area contributed by atoms with Crippen LogP contribution >= 0.6 is 0 Å². The van der Waals surface area contributed by atoms with Crippen LogP contribution in [0.5, 0.6) is 0 Å². The van der Waals surface area contributed by atoms with Crippen molar-refractivity contribution in [3.8, 4) is 11.1 Å². The van der Waals surface area contributed by atoms with E-state index in [1.807, 2.05) is 61.5 Å². The summed E-state index contributed by atoms with van der Waals surface area (Å²) in [5, 5.41) is 5.82. The third kappa shape index (κ3) is 5.31. The molecule has 7 heteroatoms. The van der Waals surface area contributed by atoms with Crippen molar-refractivity contribution >= 4 is 28.9 Å². The van der Waals surface area contributed by atoms with Crippen LogP contribution in [0.1, 0.15) is 26.5 Å². The van der Waals surface area contributed by atoms with Gasteiger partial charge in [-0.1, -0.05) is 18.2 Å². The van der Waals surface area contributed by atoms with E-state index in [1.165, 1.54) is 6.26 Å². The van der Waals surface area contributed by atoms with E-state index in [0.29, 0.717) is 11.3 Å². The van der Waals surface area contributed by atoms with E-state index in [4.69, 9.17) is 9.15 Å². The number of morpholine rings is 1. The van der Waals surface area contributed by atoms with Crippen LogP contribution in [0.4, 0.5) is 17.1 Å². The van der Waals surface area contributed by atoms with Crippen molar-refractivity contribution in [3.63, 3.8) is 0 Å². The van der Waals surface area contributed by atoms with Crippen LogP contribution in [-0.4, -0.2) is 38.1 Å². The first kappa shape index (κ1) is 23.4. The molecule has 1 saturated heterocycles. The van der Waals surface area contributed by atoms with Gasteiger partial charge in [0.25, 0.3) is 11.8 Å². The summed E-state index contributed by atoms with van der Waals surface area (Å²) in [5.41, 5.74) is 6.08. The van der Waals surface area contributed by atoms with Crippen LogP contribution in [0.15, 0.2) is 89.5 Å². The van der Waals surface area contributed by atoms with Gasteiger partial charge in [-0.15, -0.1) is 0 Å². The largest absolute Gasteiger partial charge is 0.459 e. The standard InChI is InChI=1S/C29H27N3O4/c1-20-4-9-24(31-29(34)27-3-2-16-36-27)19-26(20)21-5-7-22(8-6-21)28(33)30-23-10-12-25(13-11-23)32-14-17-35-18-15-32/h2-13,16,19H,14-15,17-18H2,1H3,(H,30,33)(H,31,34). The number of amides is 2. The number of anilines is 3. The second-order valence-corrected chi connectivity index (χ2v) is 8.64. The highest BCUT2D eigenvalue weighted by Gasteiger charge is 2.13. The molecule has 5 rings (SSSR count). The maximum absolute atomic E-state index is 12.8. The molecule has 2 heterocycles. The topological polar surface area (TPSA) is 83.8 Å². The Kier molecular flexibility index (Phi) is 6.82. The summed E-state index contributed by atoms with van der Waals surface area (Å²) >= 11 is 0. The Labute approximate surface area is 209 Å². The van der Waals surface area contributed by atoms with Gasteiger partial charge in [-0.05, 0) is 84.3 Å². The number of carbonyl (C=O) groups excluding carboxylic acids is 2. The fraction of sp³-hybridized carbons (Fsp3) is 0.172. The molecule has 3 aromatic carbocycles. The smallest absolute Gasteiger partial charge is 0.291 e. The first-order valence-corrected chi connectivity index (χ1v) is 11.9.